The molecule has 1 fully saturated rings. The zero-order valence-electron chi connectivity index (χ0n) is 23.7. The number of carbonyl (C=O) groups excluding carboxylic acids is 4. The fourth-order valence-corrected chi connectivity index (χ4v) is 5.11. The van der Waals surface area contributed by atoms with Crippen LogP contribution >= 0.6 is 0 Å². The van der Waals surface area contributed by atoms with Crippen LogP contribution in [0.1, 0.15) is 99.3 Å². The number of likely N-dealkylation sites (tertiary alicyclic amines) is 1. The molecule has 0 bridgehead atoms. The number of nitrogens with one attached hydrogen (secondary N) is 1. The molecule has 0 spiro atoms. The molecule has 4 unspecified atom stereocenters. The smallest absolute Gasteiger partial charge is 0.311 e. The fraction of sp³-hybridized carbons (Fsp3) is 0.857. The molecule has 0 saturated carbocycles. The number of unbranched alkanes of at least 4 members (excludes halogenated alkanes) is 1. The van der Waals surface area contributed by atoms with Crippen LogP contribution in [0.2, 0.25) is 0 Å². The SMILES string of the molecule is CCCCC(CC)COC(=O)C(C)(CC)CC(C)(CC(C)C(=O)OCCN1CCCC1=O)C(=O)NC. The average Bonchev–Trinajstić information content (AvgIpc) is 3.27. The first-order chi connectivity index (χ1) is 17.0. The van der Waals surface area contributed by atoms with E-state index in [2.05, 4.69) is 19.2 Å². The summed E-state index contributed by atoms with van der Waals surface area (Å²) in [5, 5.41) is 2.72. The number of esters is 2. The number of hydrogen-bond acceptors (Lipinski definition) is 6. The van der Waals surface area contributed by atoms with Crippen molar-refractivity contribution in [3.05, 3.63) is 0 Å². The van der Waals surface area contributed by atoms with Crippen molar-refractivity contribution < 1.29 is 28.7 Å². The zero-order valence-corrected chi connectivity index (χ0v) is 23.7. The first-order valence-corrected chi connectivity index (χ1v) is 13.8. The summed E-state index contributed by atoms with van der Waals surface area (Å²) >= 11 is 0. The van der Waals surface area contributed by atoms with Crippen molar-refractivity contribution in [1.82, 2.24) is 10.2 Å². The lowest BCUT2D eigenvalue weighted by molar-refractivity contribution is -0.160. The van der Waals surface area contributed by atoms with E-state index in [4.69, 9.17) is 9.47 Å². The van der Waals surface area contributed by atoms with Gasteiger partial charge in [0.05, 0.1) is 24.5 Å². The molecular formula is C28H50N2O6. The van der Waals surface area contributed by atoms with Crippen molar-refractivity contribution in [3.8, 4) is 0 Å². The highest BCUT2D eigenvalue weighted by atomic mass is 16.5. The second-order valence-electron chi connectivity index (χ2n) is 11.0. The molecular weight excluding hydrogens is 460 g/mol. The van der Waals surface area contributed by atoms with Crippen LogP contribution in [0.25, 0.3) is 0 Å². The van der Waals surface area contributed by atoms with Crippen LogP contribution in [-0.4, -0.2) is 62.0 Å². The topological polar surface area (TPSA) is 102 Å². The highest BCUT2D eigenvalue weighted by molar-refractivity contribution is 5.85. The van der Waals surface area contributed by atoms with Crippen molar-refractivity contribution in [2.45, 2.75) is 99.3 Å². The maximum Gasteiger partial charge on any atom is 0.311 e. The maximum atomic E-state index is 13.2. The van der Waals surface area contributed by atoms with Gasteiger partial charge >= 0.3 is 11.9 Å². The number of rotatable bonds is 17. The predicted molar refractivity (Wildman–Crippen MR) is 140 cm³/mol. The lowest BCUT2D eigenvalue weighted by atomic mass is 9.67. The minimum atomic E-state index is -0.964. The molecule has 208 valence electrons. The largest absolute Gasteiger partial charge is 0.465 e. The molecule has 0 aromatic rings. The Morgan fingerprint density at radius 1 is 1.11 bits per heavy atom. The molecule has 1 N–H and O–H groups in total. The molecule has 36 heavy (non-hydrogen) atoms. The van der Waals surface area contributed by atoms with Gasteiger partial charge in [-0.25, -0.2) is 0 Å². The number of nitrogens with zero attached hydrogens (tertiary/aromatic N) is 1. The molecule has 0 radical (unpaired) electrons. The van der Waals surface area contributed by atoms with E-state index in [9.17, 15) is 19.2 Å². The van der Waals surface area contributed by atoms with Crippen LogP contribution in [0, 0.1) is 22.7 Å². The molecule has 8 nitrogen and oxygen atoms in total. The van der Waals surface area contributed by atoms with Gasteiger partial charge in [0.2, 0.25) is 11.8 Å². The van der Waals surface area contributed by atoms with Crippen LogP contribution in [0.3, 0.4) is 0 Å². The monoisotopic (exact) mass is 510 g/mol. The molecule has 1 rings (SSSR count). The van der Waals surface area contributed by atoms with E-state index in [1.54, 1.807) is 25.8 Å². The van der Waals surface area contributed by atoms with Crippen LogP contribution in [0.4, 0.5) is 0 Å². The Hall–Kier alpha value is -2.12. The molecule has 0 aromatic carbocycles. The van der Waals surface area contributed by atoms with Crippen LogP contribution in [-0.2, 0) is 28.7 Å². The summed E-state index contributed by atoms with van der Waals surface area (Å²) in [4.78, 5) is 52.4. The fourth-order valence-electron chi connectivity index (χ4n) is 5.11. The van der Waals surface area contributed by atoms with Crippen molar-refractivity contribution in [3.63, 3.8) is 0 Å². The van der Waals surface area contributed by atoms with Gasteiger partial charge in [0.15, 0.2) is 0 Å². The number of amides is 2. The first kappa shape index (κ1) is 31.9. The summed E-state index contributed by atoms with van der Waals surface area (Å²) < 4.78 is 11.2. The van der Waals surface area contributed by atoms with Crippen molar-refractivity contribution in [2.24, 2.45) is 22.7 Å². The van der Waals surface area contributed by atoms with Gasteiger partial charge in [-0.15, -0.1) is 0 Å². The lowest BCUT2D eigenvalue weighted by Crippen LogP contribution is -2.45. The van der Waals surface area contributed by atoms with Crippen molar-refractivity contribution in [2.75, 3.05) is 33.4 Å². The van der Waals surface area contributed by atoms with E-state index >= 15 is 0 Å². The Morgan fingerprint density at radius 3 is 2.33 bits per heavy atom. The average molecular weight is 511 g/mol. The van der Waals surface area contributed by atoms with Crippen molar-refractivity contribution in [1.29, 1.82) is 0 Å². The molecule has 2 amide bonds. The van der Waals surface area contributed by atoms with E-state index < -0.39 is 22.7 Å². The molecule has 1 heterocycles. The van der Waals surface area contributed by atoms with Gasteiger partial charge in [-0.2, -0.15) is 0 Å². The van der Waals surface area contributed by atoms with Gasteiger partial charge in [-0.3, -0.25) is 19.2 Å². The Morgan fingerprint density at radius 2 is 1.81 bits per heavy atom. The van der Waals surface area contributed by atoms with Crippen molar-refractivity contribution >= 4 is 23.8 Å². The number of ether oxygens (including phenoxy) is 2. The summed E-state index contributed by atoms with van der Waals surface area (Å²) in [7, 11) is 1.57. The van der Waals surface area contributed by atoms with Gasteiger partial charge in [0, 0.05) is 25.4 Å². The van der Waals surface area contributed by atoms with Crippen LogP contribution < -0.4 is 5.32 Å². The summed E-state index contributed by atoms with van der Waals surface area (Å²) in [6.45, 7) is 13.2. The Bertz CT molecular complexity index is 742. The quantitative estimate of drug-likeness (QED) is 0.289. The minimum Gasteiger partial charge on any atom is -0.465 e. The Balaban J connectivity index is 2.81. The van der Waals surface area contributed by atoms with Gasteiger partial charge in [-0.05, 0) is 44.9 Å². The summed E-state index contributed by atoms with van der Waals surface area (Å²) in [6.07, 6.45) is 6.62. The van der Waals surface area contributed by atoms with Gasteiger partial charge < -0.3 is 19.7 Å². The molecule has 4 atom stereocenters. The van der Waals surface area contributed by atoms with Crippen LogP contribution in [0.15, 0.2) is 0 Å². The predicted octanol–water partition coefficient (Wildman–Crippen LogP) is 4.50. The van der Waals surface area contributed by atoms with E-state index in [1.807, 2.05) is 13.8 Å². The highest BCUT2D eigenvalue weighted by Crippen LogP contribution is 2.42. The third kappa shape index (κ3) is 9.40. The minimum absolute atomic E-state index is 0.0904. The van der Waals surface area contributed by atoms with E-state index in [-0.39, 0.29) is 37.2 Å². The first-order valence-electron chi connectivity index (χ1n) is 13.8. The van der Waals surface area contributed by atoms with E-state index in [0.29, 0.717) is 38.5 Å². The van der Waals surface area contributed by atoms with Gasteiger partial charge in [0.25, 0.3) is 0 Å². The number of carbonyl (C=O) groups is 4. The Kier molecular flexibility index (Phi) is 13.5. The summed E-state index contributed by atoms with van der Waals surface area (Å²) in [5.41, 5.74) is -1.82. The molecule has 0 aromatic heterocycles. The second kappa shape index (κ2) is 15.2. The van der Waals surface area contributed by atoms with Gasteiger partial charge in [-0.1, -0.05) is 53.9 Å². The normalized spacial score (nSPS) is 18.6. The van der Waals surface area contributed by atoms with Crippen LogP contribution in [0.5, 0.6) is 0 Å². The summed E-state index contributed by atoms with van der Waals surface area (Å²) in [6, 6.07) is 0. The third-order valence-corrected chi connectivity index (χ3v) is 7.76. The molecule has 8 heteroatoms. The Labute approximate surface area is 218 Å². The zero-order chi connectivity index (χ0) is 27.4. The lowest BCUT2D eigenvalue weighted by Gasteiger charge is -2.37. The van der Waals surface area contributed by atoms with Gasteiger partial charge in [0.1, 0.15) is 6.61 Å². The molecule has 1 aliphatic rings. The molecule has 1 saturated heterocycles. The standard InChI is InChI=1S/C28H50N2O6/c1-8-11-13-22(9-2)19-36-26(34)27(5,10-3)20-28(6,25(33)29-7)18-21(4)24(32)35-17-16-30-15-12-14-23(30)31/h21-22H,8-20H2,1-7H3,(H,29,33). The maximum absolute atomic E-state index is 13.2. The highest BCUT2D eigenvalue weighted by Gasteiger charge is 2.46. The van der Waals surface area contributed by atoms with E-state index in [0.717, 1.165) is 32.1 Å². The molecule has 0 aliphatic carbocycles. The van der Waals surface area contributed by atoms with E-state index in [1.165, 1.54) is 0 Å². The number of hydrogen-bond donors (Lipinski definition) is 1. The third-order valence-electron chi connectivity index (χ3n) is 7.76. The molecule has 1 aliphatic heterocycles. The summed E-state index contributed by atoms with van der Waals surface area (Å²) in [5.74, 6) is -1.03. The second-order valence-corrected chi connectivity index (χ2v) is 11.0.